The molecule has 2 aromatic heterocycles. The summed E-state index contributed by atoms with van der Waals surface area (Å²) in [5.41, 5.74) is 4.17. The highest BCUT2D eigenvalue weighted by Crippen LogP contribution is 2.47. The van der Waals surface area contributed by atoms with Gasteiger partial charge < -0.3 is 24.5 Å². The monoisotopic (exact) mass is 483 g/mol. The number of ketones is 1. The van der Waals surface area contributed by atoms with Gasteiger partial charge in [-0.2, -0.15) is 0 Å². The van der Waals surface area contributed by atoms with Gasteiger partial charge in [0.15, 0.2) is 17.3 Å². The molecule has 3 aliphatic rings. The van der Waals surface area contributed by atoms with Crippen LogP contribution in [-0.4, -0.2) is 23.5 Å². The summed E-state index contributed by atoms with van der Waals surface area (Å²) in [5.74, 6) is 1.53. The number of dihydropyridines is 1. The maximum atomic E-state index is 13.7. The summed E-state index contributed by atoms with van der Waals surface area (Å²) in [4.78, 5) is 31.8. The molecule has 8 nitrogen and oxygen atoms in total. The quantitative estimate of drug-likeness (QED) is 0.554. The number of aryl methyl sites for hydroxylation is 1. The van der Waals surface area contributed by atoms with Gasteiger partial charge in [-0.3, -0.25) is 9.59 Å². The number of rotatable bonds is 4. The normalized spacial score (nSPS) is 20.8. The molecule has 36 heavy (non-hydrogen) atoms. The lowest BCUT2D eigenvalue weighted by Gasteiger charge is -2.36. The van der Waals surface area contributed by atoms with E-state index >= 15 is 0 Å². The van der Waals surface area contributed by atoms with E-state index in [1.54, 1.807) is 12.3 Å². The van der Waals surface area contributed by atoms with E-state index in [0.29, 0.717) is 47.0 Å². The number of hydrogen-bond acceptors (Lipinski definition) is 7. The highest BCUT2D eigenvalue weighted by molar-refractivity contribution is 6.09. The fourth-order valence-corrected chi connectivity index (χ4v) is 5.29. The molecule has 182 valence electrons. The molecule has 0 radical (unpaired) electrons. The third kappa shape index (κ3) is 3.84. The van der Waals surface area contributed by atoms with Crippen molar-refractivity contribution in [1.29, 1.82) is 0 Å². The average Bonchev–Trinajstić information content (AvgIpc) is 3.55. The Morgan fingerprint density at radius 1 is 1.06 bits per heavy atom. The Hall–Kier alpha value is -4.33. The van der Waals surface area contributed by atoms with Crippen molar-refractivity contribution in [3.8, 4) is 11.5 Å². The number of fused-ring (bicyclic) bond motifs is 1. The molecule has 1 aromatic carbocycles. The van der Waals surface area contributed by atoms with E-state index in [-0.39, 0.29) is 24.4 Å². The summed E-state index contributed by atoms with van der Waals surface area (Å²) in [5, 5.41) is 6.30. The van der Waals surface area contributed by atoms with E-state index in [9.17, 15) is 9.59 Å². The lowest BCUT2D eigenvalue weighted by atomic mass is 9.72. The third-order valence-electron chi connectivity index (χ3n) is 6.88. The van der Waals surface area contributed by atoms with E-state index in [2.05, 4.69) is 15.6 Å². The molecule has 3 aromatic rings. The van der Waals surface area contributed by atoms with Crippen molar-refractivity contribution < 1.29 is 23.5 Å². The molecule has 0 unspecified atom stereocenters. The standard InChI is InChI=1S/C28H25N3O5/c1-15-5-3-7-24(29-15)31-28(33)25-16(2)30-19-11-18(21-6-4-10-34-21)12-20(32)27(19)26(25)17-8-9-22-23(13-17)36-14-35-22/h3-10,13,18,26,30H,11-12,14H2,1-2H3,(H,29,31,33)/t18-,26+/m0/s1. The Morgan fingerprint density at radius 3 is 2.72 bits per heavy atom. The first-order chi connectivity index (χ1) is 17.5. The van der Waals surface area contributed by atoms with Crippen LogP contribution in [0.2, 0.25) is 0 Å². The lowest BCUT2D eigenvalue weighted by molar-refractivity contribution is -0.116. The number of hydrogen-bond donors (Lipinski definition) is 2. The second-order valence-corrected chi connectivity index (χ2v) is 9.26. The van der Waals surface area contributed by atoms with Crippen molar-refractivity contribution in [2.24, 2.45) is 0 Å². The largest absolute Gasteiger partial charge is 0.469 e. The predicted octanol–water partition coefficient (Wildman–Crippen LogP) is 4.71. The van der Waals surface area contributed by atoms with Crippen LogP contribution in [0.3, 0.4) is 0 Å². The van der Waals surface area contributed by atoms with Crippen molar-refractivity contribution in [2.45, 2.75) is 38.5 Å². The van der Waals surface area contributed by atoms with Gasteiger partial charge in [-0.05, 0) is 62.2 Å². The molecule has 0 spiro atoms. The second kappa shape index (κ2) is 8.71. The fourth-order valence-electron chi connectivity index (χ4n) is 5.29. The molecule has 1 aliphatic carbocycles. The second-order valence-electron chi connectivity index (χ2n) is 9.26. The van der Waals surface area contributed by atoms with Crippen molar-refractivity contribution in [2.75, 3.05) is 12.1 Å². The molecule has 0 saturated heterocycles. The summed E-state index contributed by atoms with van der Waals surface area (Å²) >= 11 is 0. The van der Waals surface area contributed by atoms with Gasteiger partial charge in [0.1, 0.15) is 11.6 Å². The zero-order chi connectivity index (χ0) is 24.8. The number of carbonyl (C=O) groups excluding carboxylic acids is 2. The van der Waals surface area contributed by atoms with Gasteiger partial charge in [-0.1, -0.05) is 12.1 Å². The number of amides is 1. The Labute approximate surface area is 208 Å². The number of Topliss-reactive ketones (excluding diaryl/α,β-unsaturated/α-hetero) is 1. The molecule has 2 atom stereocenters. The zero-order valence-corrected chi connectivity index (χ0v) is 20.0. The number of carbonyl (C=O) groups is 2. The number of ether oxygens (including phenoxy) is 2. The molecular formula is C28H25N3O5. The van der Waals surface area contributed by atoms with Crippen LogP contribution in [0.5, 0.6) is 11.5 Å². The molecular weight excluding hydrogens is 458 g/mol. The van der Waals surface area contributed by atoms with Gasteiger partial charge in [0.05, 0.1) is 6.26 Å². The lowest BCUT2D eigenvalue weighted by Crippen LogP contribution is -2.37. The minimum atomic E-state index is -0.564. The van der Waals surface area contributed by atoms with E-state index < -0.39 is 5.92 Å². The number of anilines is 1. The number of nitrogens with zero attached hydrogens (tertiary/aromatic N) is 1. The van der Waals surface area contributed by atoms with Crippen LogP contribution in [-0.2, 0) is 9.59 Å². The summed E-state index contributed by atoms with van der Waals surface area (Å²) in [6.07, 6.45) is 2.55. The number of pyridine rings is 1. The number of aromatic nitrogens is 1. The average molecular weight is 484 g/mol. The van der Waals surface area contributed by atoms with Gasteiger partial charge in [-0.15, -0.1) is 0 Å². The van der Waals surface area contributed by atoms with E-state index in [0.717, 1.165) is 22.7 Å². The molecule has 0 saturated carbocycles. The van der Waals surface area contributed by atoms with Crippen LogP contribution in [0.4, 0.5) is 5.82 Å². The Balaban J connectivity index is 1.43. The molecule has 0 fully saturated rings. The van der Waals surface area contributed by atoms with E-state index in [4.69, 9.17) is 13.9 Å². The van der Waals surface area contributed by atoms with Crippen molar-refractivity contribution >= 4 is 17.5 Å². The summed E-state index contributed by atoms with van der Waals surface area (Å²) in [6.45, 7) is 3.87. The first kappa shape index (κ1) is 22.2. The SMILES string of the molecule is CC1=C(C(=O)Nc2cccc(C)n2)[C@@H](c2ccc3c(c2)OCO3)C2=C(C[C@H](c3ccco3)CC2=O)N1. The summed E-state index contributed by atoms with van der Waals surface area (Å²) < 4.78 is 16.7. The fraction of sp³-hybridized carbons (Fsp3) is 0.250. The van der Waals surface area contributed by atoms with Crippen LogP contribution >= 0.6 is 0 Å². The first-order valence-electron chi connectivity index (χ1n) is 11.9. The number of nitrogens with one attached hydrogen (secondary N) is 2. The van der Waals surface area contributed by atoms with Crippen LogP contribution in [0.25, 0.3) is 0 Å². The van der Waals surface area contributed by atoms with Gasteiger partial charge in [0, 0.05) is 46.5 Å². The Morgan fingerprint density at radius 2 is 1.92 bits per heavy atom. The molecule has 2 N–H and O–H groups in total. The smallest absolute Gasteiger partial charge is 0.255 e. The van der Waals surface area contributed by atoms with Crippen molar-refractivity contribution in [1.82, 2.24) is 10.3 Å². The van der Waals surface area contributed by atoms with Crippen molar-refractivity contribution in [3.63, 3.8) is 0 Å². The molecule has 6 rings (SSSR count). The van der Waals surface area contributed by atoms with E-state index in [1.165, 1.54) is 0 Å². The third-order valence-corrected chi connectivity index (χ3v) is 6.88. The van der Waals surface area contributed by atoms with Gasteiger partial charge in [0.2, 0.25) is 6.79 Å². The topological polar surface area (TPSA) is 103 Å². The highest BCUT2D eigenvalue weighted by atomic mass is 16.7. The Bertz CT molecular complexity index is 1440. The van der Waals surface area contributed by atoms with Gasteiger partial charge >= 0.3 is 0 Å². The van der Waals surface area contributed by atoms with Crippen LogP contribution < -0.4 is 20.1 Å². The minimum Gasteiger partial charge on any atom is -0.469 e. The summed E-state index contributed by atoms with van der Waals surface area (Å²) in [6, 6.07) is 14.8. The zero-order valence-electron chi connectivity index (χ0n) is 20.0. The van der Waals surface area contributed by atoms with Crippen LogP contribution in [0.1, 0.15) is 48.6 Å². The van der Waals surface area contributed by atoms with Crippen LogP contribution in [0.15, 0.2) is 81.8 Å². The highest BCUT2D eigenvalue weighted by Gasteiger charge is 2.42. The number of allylic oxidation sites excluding steroid dienone is 3. The molecule has 8 heteroatoms. The first-order valence-corrected chi connectivity index (χ1v) is 11.9. The molecule has 4 heterocycles. The van der Waals surface area contributed by atoms with Crippen molar-refractivity contribution in [3.05, 3.63) is 94.4 Å². The number of furan rings is 1. The van der Waals surface area contributed by atoms with E-state index in [1.807, 2.05) is 56.3 Å². The molecule has 1 amide bonds. The maximum Gasteiger partial charge on any atom is 0.255 e. The molecule has 0 bridgehead atoms. The Kier molecular flexibility index (Phi) is 5.36. The van der Waals surface area contributed by atoms with Gasteiger partial charge in [-0.25, -0.2) is 4.98 Å². The van der Waals surface area contributed by atoms with Crippen LogP contribution in [0, 0.1) is 6.92 Å². The molecule has 2 aliphatic heterocycles. The minimum absolute atomic E-state index is 0.0145. The van der Waals surface area contributed by atoms with Gasteiger partial charge in [0.25, 0.3) is 5.91 Å². The predicted molar refractivity (Wildman–Crippen MR) is 131 cm³/mol. The summed E-state index contributed by atoms with van der Waals surface area (Å²) in [7, 11) is 0. The maximum absolute atomic E-state index is 13.7. The number of benzene rings is 1.